The van der Waals surface area contributed by atoms with E-state index in [-0.39, 0.29) is 0 Å². The number of carbonyl (C=O) groups excluding carboxylic acids is 2. The minimum atomic E-state index is -0.595. The molecule has 0 saturated heterocycles. The maximum atomic E-state index is 9.95. The number of hydrogen-bond donors (Lipinski definition) is 1. The summed E-state index contributed by atoms with van der Waals surface area (Å²) in [7, 11) is 2.80. The average Bonchev–Trinajstić information content (AvgIpc) is 1.91. The summed E-state index contributed by atoms with van der Waals surface area (Å²) in [6.07, 6.45) is 0. The highest BCUT2D eigenvalue weighted by Gasteiger charge is 1.96. The van der Waals surface area contributed by atoms with Gasteiger partial charge in [-0.25, -0.2) is 9.86 Å². The van der Waals surface area contributed by atoms with Crippen molar-refractivity contribution in [3.8, 4) is 0 Å². The molecule has 0 heterocycles. The van der Waals surface area contributed by atoms with Gasteiger partial charge in [-0.05, 0) is 0 Å². The van der Waals surface area contributed by atoms with Gasteiger partial charge in [0.05, 0.1) is 7.11 Å². The summed E-state index contributed by atoms with van der Waals surface area (Å²) < 4.78 is 0. The van der Waals surface area contributed by atoms with E-state index >= 15 is 0 Å². The van der Waals surface area contributed by atoms with E-state index in [1.165, 1.54) is 14.2 Å². The molecule has 5 nitrogen and oxygen atoms in total. The highest BCUT2D eigenvalue weighted by atomic mass is 16.7. The zero-order valence-electron chi connectivity index (χ0n) is 5.46. The lowest BCUT2D eigenvalue weighted by Gasteiger charge is -2.07. The lowest BCUT2D eigenvalue weighted by atomic mass is 11.0. The van der Waals surface area contributed by atoms with Crippen molar-refractivity contribution >= 4 is 12.8 Å². The number of nitrogens with zero attached hydrogens (tertiary/aromatic N) is 1. The fourth-order valence-electron chi connectivity index (χ4n) is 0.0900. The van der Waals surface area contributed by atoms with Gasteiger partial charge in [0.15, 0.2) is 0 Å². The minimum Gasteiger partial charge on any atom is -0.350 e. The van der Waals surface area contributed by atoms with Gasteiger partial charge >= 0.3 is 6.03 Å². The van der Waals surface area contributed by atoms with Crippen LogP contribution in [-0.2, 0) is 9.63 Å². The number of primary amides is 1. The van der Waals surface area contributed by atoms with Gasteiger partial charge in [0, 0.05) is 7.05 Å². The molecule has 54 valence electrons. The van der Waals surface area contributed by atoms with Crippen LogP contribution in [0.2, 0.25) is 0 Å². The molecule has 0 aliphatic rings. The van der Waals surface area contributed by atoms with Gasteiger partial charge in [0.1, 0.15) is 6.79 Å². The molecule has 0 atom stereocenters. The van der Waals surface area contributed by atoms with E-state index in [1.54, 1.807) is 0 Å². The van der Waals surface area contributed by atoms with Crippen LogP contribution in [0.25, 0.3) is 0 Å². The smallest absolute Gasteiger partial charge is 0.338 e. The lowest BCUT2D eigenvalue weighted by molar-refractivity contribution is -0.0979. The Morgan fingerprint density at radius 3 is 2.00 bits per heavy atom. The Hall–Kier alpha value is -1.10. The van der Waals surface area contributed by atoms with E-state index in [0.717, 1.165) is 5.06 Å². The Morgan fingerprint density at radius 1 is 1.67 bits per heavy atom. The third-order valence-corrected chi connectivity index (χ3v) is 0.584. The first kappa shape index (κ1) is 10.8. The molecule has 0 radical (unpaired) electrons. The van der Waals surface area contributed by atoms with Crippen LogP contribution in [0, 0.1) is 0 Å². The predicted octanol–water partition coefficient (Wildman–Crippen LogP) is -0.627. The average molecular weight is 134 g/mol. The van der Waals surface area contributed by atoms with Gasteiger partial charge in [0.2, 0.25) is 0 Å². The molecule has 9 heavy (non-hydrogen) atoms. The molecular weight excluding hydrogens is 124 g/mol. The van der Waals surface area contributed by atoms with Crippen LogP contribution in [-0.4, -0.2) is 32.0 Å². The zero-order valence-corrected chi connectivity index (χ0v) is 5.46. The second kappa shape index (κ2) is 6.90. The summed E-state index contributed by atoms with van der Waals surface area (Å²) >= 11 is 0. The number of amides is 2. The number of carbonyl (C=O) groups is 2. The highest BCUT2D eigenvalue weighted by molar-refractivity contribution is 5.70. The van der Waals surface area contributed by atoms with Gasteiger partial charge < -0.3 is 10.5 Å². The molecule has 2 amide bonds. The van der Waals surface area contributed by atoms with E-state index in [0.29, 0.717) is 0 Å². The van der Waals surface area contributed by atoms with Crippen LogP contribution < -0.4 is 5.73 Å². The van der Waals surface area contributed by atoms with Crippen LogP contribution in [0.15, 0.2) is 0 Å². The molecular formula is C4H10N2O3. The Bertz CT molecular complexity index is 85.9. The first-order chi connectivity index (χ1) is 4.18. The second-order valence-corrected chi connectivity index (χ2v) is 1.02. The standard InChI is InChI=1S/C3H8N2O2.CH2O/c1-5(7-2)3(4)6;1-2/h1-2H3,(H2,4,6);1H2. The number of rotatable bonds is 1. The number of urea groups is 1. The summed E-state index contributed by atoms with van der Waals surface area (Å²) in [5, 5.41) is 0.931. The second-order valence-electron chi connectivity index (χ2n) is 1.02. The van der Waals surface area contributed by atoms with Crippen molar-refractivity contribution < 1.29 is 14.4 Å². The van der Waals surface area contributed by atoms with Gasteiger partial charge in [-0.1, -0.05) is 0 Å². The summed E-state index contributed by atoms with van der Waals surface area (Å²) in [6.45, 7) is 2.00. The summed E-state index contributed by atoms with van der Waals surface area (Å²) in [4.78, 5) is 22.3. The van der Waals surface area contributed by atoms with E-state index < -0.39 is 6.03 Å². The molecule has 0 aliphatic heterocycles. The SMILES string of the molecule is C=O.CON(C)C(N)=O. The summed E-state index contributed by atoms with van der Waals surface area (Å²) in [6, 6.07) is -0.595. The van der Waals surface area contributed by atoms with E-state index in [4.69, 9.17) is 10.5 Å². The summed E-state index contributed by atoms with van der Waals surface area (Å²) in [5.41, 5.74) is 4.71. The van der Waals surface area contributed by atoms with E-state index in [9.17, 15) is 4.79 Å². The quantitative estimate of drug-likeness (QED) is 0.485. The molecule has 0 rings (SSSR count). The van der Waals surface area contributed by atoms with Crippen molar-refractivity contribution in [3.05, 3.63) is 0 Å². The Balaban J connectivity index is 0. The van der Waals surface area contributed by atoms with Crippen LogP contribution in [0.3, 0.4) is 0 Å². The molecule has 0 aromatic rings. The van der Waals surface area contributed by atoms with Crippen molar-refractivity contribution in [2.24, 2.45) is 5.73 Å². The Labute approximate surface area is 53.3 Å². The Kier molecular flexibility index (Phi) is 8.28. The number of nitrogens with two attached hydrogens (primary N) is 1. The van der Waals surface area contributed by atoms with Crippen LogP contribution in [0.5, 0.6) is 0 Å². The molecule has 2 N–H and O–H groups in total. The molecule has 0 saturated carbocycles. The zero-order chi connectivity index (χ0) is 7.86. The first-order valence-corrected chi connectivity index (χ1v) is 2.04. The van der Waals surface area contributed by atoms with Crippen molar-refractivity contribution in [1.29, 1.82) is 0 Å². The number of hydrogen-bond acceptors (Lipinski definition) is 3. The number of hydroxylamine groups is 2. The minimum absolute atomic E-state index is 0.595. The first-order valence-electron chi connectivity index (χ1n) is 2.04. The third kappa shape index (κ3) is 6.90. The van der Waals surface area contributed by atoms with Crippen molar-refractivity contribution in [2.75, 3.05) is 14.2 Å². The molecule has 0 spiro atoms. The van der Waals surface area contributed by atoms with Gasteiger partial charge in [-0.3, -0.25) is 4.84 Å². The molecule has 5 heteroatoms. The molecule has 0 unspecified atom stereocenters. The van der Waals surface area contributed by atoms with Crippen LogP contribution >= 0.6 is 0 Å². The van der Waals surface area contributed by atoms with Crippen molar-refractivity contribution in [3.63, 3.8) is 0 Å². The fraction of sp³-hybridized carbons (Fsp3) is 0.500. The maximum Gasteiger partial charge on any atom is 0.338 e. The Morgan fingerprint density at radius 2 is 2.00 bits per heavy atom. The van der Waals surface area contributed by atoms with Crippen LogP contribution in [0.1, 0.15) is 0 Å². The molecule has 0 aromatic carbocycles. The predicted molar refractivity (Wildman–Crippen MR) is 31.5 cm³/mol. The highest BCUT2D eigenvalue weighted by Crippen LogP contribution is 1.75. The summed E-state index contributed by atoms with van der Waals surface area (Å²) in [5.74, 6) is 0. The van der Waals surface area contributed by atoms with Crippen LogP contribution in [0.4, 0.5) is 4.79 Å². The van der Waals surface area contributed by atoms with Crippen molar-refractivity contribution in [1.82, 2.24) is 5.06 Å². The molecule has 0 bridgehead atoms. The largest absolute Gasteiger partial charge is 0.350 e. The topological polar surface area (TPSA) is 72.6 Å². The third-order valence-electron chi connectivity index (χ3n) is 0.584. The van der Waals surface area contributed by atoms with Gasteiger partial charge in [0.25, 0.3) is 0 Å². The fourth-order valence-corrected chi connectivity index (χ4v) is 0.0900. The van der Waals surface area contributed by atoms with Gasteiger partial charge in [-0.2, -0.15) is 0 Å². The lowest BCUT2D eigenvalue weighted by Crippen LogP contribution is -2.30. The van der Waals surface area contributed by atoms with Crippen molar-refractivity contribution in [2.45, 2.75) is 0 Å². The van der Waals surface area contributed by atoms with E-state index in [2.05, 4.69) is 4.84 Å². The molecule has 0 aromatic heterocycles. The molecule has 0 fully saturated rings. The molecule has 0 aliphatic carbocycles. The maximum absolute atomic E-state index is 9.95. The monoisotopic (exact) mass is 134 g/mol. The van der Waals surface area contributed by atoms with E-state index in [1.807, 2.05) is 6.79 Å². The van der Waals surface area contributed by atoms with Gasteiger partial charge in [-0.15, -0.1) is 0 Å². The normalized spacial score (nSPS) is 6.89.